The van der Waals surface area contributed by atoms with Crippen LogP contribution in [0, 0.1) is 0 Å². The van der Waals surface area contributed by atoms with Crippen LogP contribution in [0.5, 0.6) is 0 Å². The van der Waals surface area contributed by atoms with Gasteiger partial charge < -0.3 is 10.1 Å². The highest BCUT2D eigenvalue weighted by atomic mass is 35.5. The molecule has 0 radical (unpaired) electrons. The third-order valence-electron chi connectivity index (χ3n) is 3.87. The zero-order chi connectivity index (χ0) is 16.9. The number of benzene rings is 2. The fourth-order valence-electron chi connectivity index (χ4n) is 2.61. The lowest BCUT2D eigenvalue weighted by Crippen LogP contribution is -2.30. The number of hydrogen-bond acceptors (Lipinski definition) is 3. The van der Waals surface area contributed by atoms with Crippen molar-refractivity contribution in [2.45, 2.75) is 18.9 Å². The Bertz CT molecular complexity index is 769. The van der Waals surface area contributed by atoms with Gasteiger partial charge in [0.2, 0.25) is 5.91 Å². The maximum atomic E-state index is 12.5. The number of amides is 1. The van der Waals surface area contributed by atoms with Crippen LogP contribution in [0.3, 0.4) is 0 Å². The molecule has 0 spiro atoms. The van der Waals surface area contributed by atoms with Gasteiger partial charge in [-0.1, -0.05) is 54.1 Å². The molecule has 1 aliphatic rings. The zero-order valence-electron chi connectivity index (χ0n) is 12.9. The normalized spacial score (nSPS) is 17.0. The molecule has 1 aliphatic heterocycles. The standard InChI is InChI=1S/C19H16ClNO3/c20-15-8-6-14(7-9-15)16-10-18(22)21-11-17(16)19(23)24-12-13-4-2-1-3-5-13/h1-9,11,16H,10,12H2,(H,21,22). The van der Waals surface area contributed by atoms with Crippen LogP contribution in [0.15, 0.2) is 66.4 Å². The molecule has 1 atom stereocenters. The topological polar surface area (TPSA) is 55.4 Å². The molecule has 3 rings (SSSR count). The van der Waals surface area contributed by atoms with Crippen molar-refractivity contribution in [1.82, 2.24) is 5.32 Å². The van der Waals surface area contributed by atoms with E-state index >= 15 is 0 Å². The van der Waals surface area contributed by atoms with Crippen molar-refractivity contribution < 1.29 is 14.3 Å². The number of hydrogen-bond donors (Lipinski definition) is 1. The number of halogens is 1. The van der Waals surface area contributed by atoms with Crippen LogP contribution in [0.2, 0.25) is 5.02 Å². The summed E-state index contributed by atoms with van der Waals surface area (Å²) < 4.78 is 5.39. The number of ether oxygens (including phenoxy) is 1. The Morgan fingerprint density at radius 3 is 2.54 bits per heavy atom. The van der Waals surface area contributed by atoms with Gasteiger partial charge in [-0.25, -0.2) is 4.79 Å². The van der Waals surface area contributed by atoms with E-state index in [9.17, 15) is 9.59 Å². The molecule has 0 saturated carbocycles. The second-order valence-corrected chi connectivity index (χ2v) is 5.97. The minimum absolute atomic E-state index is 0.130. The molecule has 5 heteroatoms. The summed E-state index contributed by atoms with van der Waals surface area (Å²) >= 11 is 5.91. The third kappa shape index (κ3) is 3.84. The van der Waals surface area contributed by atoms with E-state index < -0.39 is 5.97 Å². The summed E-state index contributed by atoms with van der Waals surface area (Å²) in [5, 5.41) is 3.20. The molecule has 1 heterocycles. The number of carbonyl (C=O) groups excluding carboxylic acids is 2. The summed E-state index contributed by atoms with van der Waals surface area (Å²) in [4.78, 5) is 24.2. The summed E-state index contributed by atoms with van der Waals surface area (Å²) in [7, 11) is 0. The SMILES string of the molecule is O=C1CC(c2ccc(Cl)cc2)C(C(=O)OCc2ccccc2)=CN1. The molecule has 122 valence electrons. The van der Waals surface area contributed by atoms with Crippen molar-refractivity contribution in [2.24, 2.45) is 0 Å². The second kappa shape index (κ2) is 7.32. The molecule has 0 saturated heterocycles. The lowest BCUT2D eigenvalue weighted by Gasteiger charge is -2.23. The summed E-state index contributed by atoms with van der Waals surface area (Å²) in [6.07, 6.45) is 1.65. The average Bonchev–Trinajstić information content (AvgIpc) is 2.61. The van der Waals surface area contributed by atoms with Gasteiger partial charge in [0.1, 0.15) is 6.61 Å². The maximum Gasteiger partial charge on any atom is 0.336 e. The van der Waals surface area contributed by atoms with Crippen LogP contribution in [-0.2, 0) is 20.9 Å². The first kappa shape index (κ1) is 16.3. The van der Waals surface area contributed by atoms with Crippen LogP contribution >= 0.6 is 11.6 Å². The Kier molecular flexibility index (Phi) is 4.96. The highest BCUT2D eigenvalue weighted by Gasteiger charge is 2.29. The Morgan fingerprint density at radius 2 is 1.83 bits per heavy atom. The van der Waals surface area contributed by atoms with Crippen LogP contribution in [0.25, 0.3) is 0 Å². The molecule has 0 aliphatic carbocycles. The first-order valence-electron chi connectivity index (χ1n) is 7.59. The van der Waals surface area contributed by atoms with E-state index in [0.29, 0.717) is 10.6 Å². The molecule has 2 aromatic carbocycles. The van der Waals surface area contributed by atoms with E-state index in [1.165, 1.54) is 6.20 Å². The average molecular weight is 342 g/mol. The van der Waals surface area contributed by atoms with Crippen molar-refractivity contribution in [2.75, 3.05) is 0 Å². The number of nitrogens with one attached hydrogen (secondary N) is 1. The van der Waals surface area contributed by atoms with E-state index in [1.54, 1.807) is 12.1 Å². The van der Waals surface area contributed by atoms with Gasteiger partial charge in [0, 0.05) is 23.6 Å². The monoisotopic (exact) mass is 341 g/mol. The lowest BCUT2D eigenvalue weighted by atomic mass is 9.86. The van der Waals surface area contributed by atoms with Crippen LogP contribution in [0.1, 0.15) is 23.5 Å². The Labute approximate surface area is 145 Å². The van der Waals surface area contributed by atoms with E-state index in [1.807, 2.05) is 42.5 Å². The van der Waals surface area contributed by atoms with E-state index in [2.05, 4.69) is 5.32 Å². The molecule has 1 unspecified atom stereocenters. The van der Waals surface area contributed by atoms with Gasteiger partial charge >= 0.3 is 5.97 Å². The lowest BCUT2D eigenvalue weighted by molar-refractivity contribution is -0.140. The van der Waals surface area contributed by atoms with Crippen molar-refractivity contribution in [1.29, 1.82) is 0 Å². The minimum Gasteiger partial charge on any atom is -0.457 e. The molecule has 0 aromatic heterocycles. The predicted octanol–water partition coefficient (Wildman–Crippen LogP) is 3.57. The highest BCUT2D eigenvalue weighted by molar-refractivity contribution is 6.30. The quantitative estimate of drug-likeness (QED) is 0.865. The van der Waals surface area contributed by atoms with E-state index in [0.717, 1.165) is 11.1 Å². The van der Waals surface area contributed by atoms with Crippen LogP contribution in [-0.4, -0.2) is 11.9 Å². The van der Waals surface area contributed by atoms with Gasteiger partial charge in [-0.2, -0.15) is 0 Å². The molecule has 0 bridgehead atoms. The van der Waals surface area contributed by atoms with Gasteiger partial charge in [0.05, 0.1) is 5.57 Å². The molecule has 0 fully saturated rings. The van der Waals surface area contributed by atoms with E-state index in [4.69, 9.17) is 16.3 Å². The van der Waals surface area contributed by atoms with E-state index in [-0.39, 0.29) is 24.9 Å². The largest absolute Gasteiger partial charge is 0.457 e. The van der Waals surface area contributed by atoms with Crippen molar-refractivity contribution in [3.8, 4) is 0 Å². The Balaban J connectivity index is 1.76. The molecule has 1 N–H and O–H groups in total. The molecular weight excluding hydrogens is 326 g/mol. The first-order valence-corrected chi connectivity index (χ1v) is 7.97. The molecule has 4 nitrogen and oxygen atoms in total. The van der Waals surface area contributed by atoms with Gasteiger partial charge in [-0.15, -0.1) is 0 Å². The summed E-state index contributed by atoms with van der Waals surface area (Å²) in [6.45, 7) is 0.193. The number of rotatable bonds is 4. The van der Waals surface area contributed by atoms with Crippen molar-refractivity contribution in [3.05, 3.63) is 82.5 Å². The Morgan fingerprint density at radius 1 is 1.12 bits per heavy atom. The number of carbonyl (C=O) groups is 2. The van der Waals surface area contributed by atoms with Crippen LogP contribution < -0.4 is 5.32 Å². The fourth-order valence-corrected chi connectivity index (χ4v) is 2.74. The zero-order valence-corrected chi connectivity index (χ0v) is 13.6. The molecule has 24 heavy (non-hydrogen) atoms. The predicted molar refractivity (Wildman–Crippen MR) is 91.3 cm³/mol. The first-order chi connectivity index (χ1) is 11.6. The molecule has 2 aromatic rings. The third-order valence-corrected chi connectivity index (χ3v) is 4.13. The van der Waals surface area contributed by atoms with Gasteiger partial charge in [-0.05, 0) is 23.3 Å². The second-order valence-electron chi connectivity index (χ2n) is 5.54. The Hall–Kier alpha value is -2.59. The van der Waals surface area contributed by atoms with Gasteiger partial charge in [0.15, 0.2) is 0 Å². The maximum absolute atomic E-state index is 12.5. The molecular formula is C19H16ClNO3. The van der Waals surface area contributed by atoms with Gasteiger partial charge in [0.25, 0.3) is 0 Å². The number of esters is 1. The summed E-state index contributed by atoms with van der Waals surface area (Å²) in [5.41, 5.74) is 2.21. The fraction of sp³-hybridized carbons (Fsp3) is 0.158. The van der Waals surface area contributed by atoms with Gasteiger partial charge in [-0.3, -0.25) is 4.79 Å². The summed E-state index contributed by atoms with van der Waals surface area (Å²) in [5.74, 6) is -0.896. The smallest absolute Gasteiger partial charge is 0.336 e. The van der Waals surface area contributed by atoms with Crippen molar-refractivity contribution in [3.63, 3.8) is 0 Å². The van der Waals surface area contributed by atoms with Crippen molar-refractivity contribution >= 4 is 23.5 Å². The summed E-state index contributed by atoms with van der Waals surface area (Å²) in [6, 6.07) is 16.6. The van der Waals surface area contributed by atoms with Crippen LogP contribution in [0.4, 0.5) is 0 Å². The molecule has 1 amide bonds. The minimum atomic E-state index is -0.432. The highest BCUT2D eigenvalue weighted by Crippen LogP contribution is 2.31.